The van der Waals surface area contributed by atoms with Crippen LogP contribution in [0.25, 0.3) is 0 Å². The molecule has 1 aliphatic heterocycles. The number of amides is 2. The molecule has 6 heteroatoms. The first-order chi connectivity index (χ1) is 14.3. The SMILES string of the molecule is Cc1cc(C(=O)CN2C(=O)CC3(CCCC3)C2=O)c(C)n1CCc1ccc(F)cc1. The number of aromatic nitrogens is 1. The fraction of sp³-hybridized carbons (Fsp3) is 0.458. The molecule has 4 rings (SSSR count). The number of halogens is 1. The molecular weight excluding hydrogens is 383 g/mol. The second-order valence-electron chi connectivity index (χ2n) is 8.69. The van der Waals surface area contributed by atoms with Crippen LogP contribution in [0.3, 0.4) is 0 Å². The molecule has 0 unspecified atom stereocenters. The summed E-state index contributed by atoms with van der Waals surface area (Å²) in [5, 5.41) is 0. The summed E-state index contributed by atoms with van der Waals surface area (Å²) < 4.78 is 15.2. The Morgan fingerprint density at radius 3 is 2.43 bits per heavy atom. The van der Waals surface area contributed by atoms with E-state index in [9.17, 15) is 18.8 Å². The zero-order valence-corrected chi connectivity index (χ0v) is 17.5. The van der Waals surface area contributed by atoms with Gasteiger partial charge in [-0.1, -0.05) is 25.0 Å². The van der Waals surface area contributed by atoms with Gasteiger partial charge in [0.1, 0.15) is 5.82 Å². The van der Waals surface area contributed by atoms with Gasteiger partial charge in [-0.2, -0.15) is 0 Å². The number of hydrogen-bond acceptors (Lipinski definition) is 3. The van der Waals surface area contributed by atoms with Crippen molar-refractivity contribution in [2.24, 2.45) is 5.41 Å². The first-order valence-corrected chi connectivity index (χ1v) is 10.6. The molecule has 0 radical (unpaired) electrons. The van der Waals surface area contributed by atoms with Gasteiger partial charge in [0.25, 0.3) is 0 Å². The van der Waals surface area contributed by atoms with Crippen molar-refractivity contribution in [1.82, 2.24) is 9.47 Å². The number of Topliss-reactive ketones (excluding diaryl/α,β-unsaturated/α-hetero) is 1. The number of ketones is 1. The van der Waals surface area contributed by atoms with Gasteiger partial charge in [0, 0.05) is 29.9 Å². The Morgan fingerprint density at radius 2 is 1.77 bits per heavy atom. The van der Waals surface area contributed by atoms with Gasteiger partial charge in [0.05, 0.1) is 12.0 Å². The summed E-state index contributed by atoms with van der Waals surface area (Å²) in [6.45, 7) is 4.31. The predicted octanol–water partition coefficient (Wildman–Crippen LogP) is 3.99. The summed E-state index contributed by atoms with van der Waals surface area (Å²) in [6.07, 6.45) is 4.40. The van der Waals surface area contributed by atoms with Crippen molar-refractivity contribution in [3.63, 3.8) is 0 Å². The lowest BCUT2D eigenvalue weighted by Crippen LogP contribution is -2.38. The molecule has 1 aromatic carbocycles. The lowest BCUT2D eigenvalue weighted by atomic mass is 9.84. The highest BCUT2D eigenvalue weighted by molar-refractivity contribution is 6.10. The predicted molar refractivity (Wildman–Crippen MR) is 111 cm³/mol. The number of nitrogens with zero attached hydrogens (tertiary/aromatic N) is 2. The average Bonchev–Trinajstić information content (AvgIpc) is 3.36. The zero-order chi connectivity index (χ0) is 21.5. The first-order valence-electron chi connectivity index (χ1n) is 10.6. The third-order valence-corrected chi connectivity index (χ3v) is 6.76. The van der Waals surface area contributed by atoms with Crippen LogP contribution in [0, 0.1) is 25.1 Å². The van der Waals surface area contributed by atoms with Gasteiger partial charge < -0.3 is 4.57 Å². The molecule has 0 bridgehead atoms. The Kier molecular flexibility index (Phi) is 5.35. The molecule has 0 N–H and O–H groups in total. The quantitative estimate of drug-likeness (QED) is 0.534. The topological polar surface area (TPSA) is 59.4 Å². The molecular formula is C24H27FN2O3. The molecule has 2 fully saturated rings. The number of likely N-dealkylation sites (tertiary alicyclic amines) is 1. The molecule has 2 aromatic rings. The average molecular weight is 410 g/mol. The number of rotatable bonds is 6. The van der Waals surface area contributed by atoms with Crippen molar-refractivity contribution in [2.75, 3.05) is 6.54 Å². The van der Waals surface area contributed by atoms with Crippen LogP contribution in [0.2, 0.25) is 0 Å². The summed E-state index contributed by atoms with van der Waals surface area (Å²) in [5.74, 6) is -0.845. The van der Waals surface area contributed by atoms with Gasteiger partial charge >= 0.3 is 0 Å². The van der Waals surface area contributed by atoms with Crippen molar-refractivity contribution >= 4 is 17.6 Å². The summed E-state index contributed by atoms with van der Waals surface area (Å²) >= 11 is 0. The smallest absolute Gasteiger partial charge is 0.236 e. The van der Waals surface area contributed by atoms with E-state index < -0.39 is 5.41 Å². The van der Waals surface area contributed by atoms with Crippen molar-refractivity contribution < 1.29 is 18.8 Å². The van der Waals surface area contributed by atoms with E-state index in [1.54, 1.807) is 12.1 Å². The van der Waals surface area contributed by atoms with Crippen molar-refractivity contribution in [3.05, 3.63) is 58.7 Å². The van der Waals surface area contributed by atoms with Crippen LogP contribution in [0.5, 0.6) is 0 Å². The van der Waals surface area contributed by atoms with Gasteiger partial charge in [-0.3, -0.25) is 19.3 Å². The van der Waals surface area contributed by atoms with Gasteiger partial charge in [0.15, 0.2) is 5.78 Å². The minimum atomic E-state index is -0.552. The van der Waals surface area contributed by atoms with E-state index in [4.69, 9.17) is 0 Å². The fourth-order valence-corrected chi connectivity index (χ4v) is 5.01. The van der Waals surface area contributed by atoms with E-state index in [-0.39, 0.29) is 36.4 Å². The van der Waals surface area contributed by atoms with Crippen LogP contribution < -0.4 is 0 Å². The Morgan fingerprint density at radius 1 is 1.10 bits per heavy atom. The number of hydrogen-bond donors (Lipinski definition) is 0. The normalized spacial score (nSPS) is 18.0. The van der Waals surface area contributed by atoms with Crippen LogP contribution in [0.1, 0.15) is 59.4 Å². The maximum absolute atomic E-state index is 13.1. The highest BCUT2D eigenvalue weighted by atomic mass is 19.1. The summed E-state index contributed by atoms with van der Waals surface area (Å²) in [7, 11) is 0. The fourth-order valence-electron chi connectivity index (χ4n) is 5.01. The Labute approximate surface area is 175 Å². The molecule has 0 atom stereocenters. The van der Waals surface area contributed by atoms with E-state index in [0.717, 1.165) is 49.1 Å². The number of aryl methyl sites for hydroxylation is 2. The van der Waals surface area contributed by atoms with Gasteiger partial charge in [0.2, 0.25) is 11.8 Å². The molecule has 1 saturated carbocycles. The van der Waals surface area contributed by atoms with E-state index in [1.807, 2.05) is 19.9 Å². The monoisotopic (exact) mass is 410 g/mol. The molecule has 30 heavy (non-hydrogen) atoms. The molecule has 2 aliphatic rings. The summed E-state index contributed by atoms with van der Waals surface area (Å²) in [5.41, 5.74) is 2.80. The molecule has 1 spiro atoms. The van der Waals surface area contributed by atoms with Crippen LogP contribution in [0.4, 0.5) is 4.39 Å². The van der Waals surface area contributed by atoms with Gasteiger partial charge in [-0.25, -0.2) is 4.39 Å². The summed E-state index contributed by atoms with van der Waals surface area (Å²) in [6, 6.07) is 8.25. The second-order valence-corrected chi connectivity index (χ2v) is 8.69. The molecule has 1 saturated heterocycles. The van der Waals surface area contributed by atoms with E-state index in [2.05, 4.69) is 4.57 Å². The Bertz CT molecular complexity index is 1000. The van der Waals surface area contributed by atoms with Gasteiger partial charge in [-0.05, 0) is 56.9 Å². The number of imide groups is 1. The van der Waals surface area contributed by atoms with E-state index in [1.165, 1.54) is 17.0 Å². The highest BCUT2D eigenvalue weighted by Crippen LogP contribution is 2.46. The molecule has 158 valence electrons. The Balaban J connectivity index is 1.47. The second kappa shape index (κ2) is 7.82. The minimum absolute atomic E-state index is 0.163. The number of carbonyl (C=O) groups excluding carboxylic acids is 3. The highest BCUT2D eigenvalue weighted by Gasteiger charge is 2.52. The molecule has 1 aliphatic carbocycles. The zero-order valence-electron chi connectivity index (χ0n) is 17.5. The summed E-state index contributed by atoms with van der Waals surface area (Å²) in [4.78, 5) is 39.5. The standard InChI is InChI=1S/C24H27FN2O3/c1-16-13-20(17(2)26(16)12-9-18-5-7-19(25)8-6-18)21(28)15-27-22(29)14-24(23(27)30)10-3-4-11-24/h5-8,13H,3-4,9-12,14-15H2,1-2H3. The minimum Gasteiger partial charge on any atom is -0.348 e. The molecule has 5 nitrogen and oxygen atoms in total. The maximum atomic E-state index is 13.1. The van der Waals surface area contributed by atoms with Crippen molar-refractivity contribution in [2.45, 2.75) is 58.9 Å². The number of benzene rings is 1. The Hall–Kier alpha value is -2.76. The molecule has 1 aromatic heterocycles. The van der Waals surface area contributed by atoms with Crippen LogP contribution in [-0.4, -0.2) is 33.6 Å². The first kappa shape index (κ1) is 20.5. The largest absolute Gasteiger partial charge is 0.348 e. The van der Waals surface area contributed by atoms with Crippen LogP contribution >= 0.6 is 0 Å². The maximum Gasteiger partial charge on any atom is 0.236 e. The number of carbonyl (C=O) groups is 3. The molecule has 2 amide bonds. The van der Waals surface area contributed by atoms with Crippen LogP contribution in [-0.2, 0) is 22.6 Å². The third-order valence-electron chi connectivity index (χ3n) is 6.76. The van der Waals surface area contributed by atoms with Gasteiger partial charge in [-0.15, -0.1) is 0 Å². The lowest BCUT2D eigenvalue weighted by Gasteiger charge is -2.20. The van der Waals surface area contributed by atoms with Crippen LogP contribution in [0.15, 0.2) is 30.3 Å². The van der Waals surface area contributed by atoms with Crippen molar-refractivity contribution in [3.8, 4) is 0 Å². The van der Waals surface area contributed by atoms with E-state index >= 15 is 0 Å². The third kappa shape index (κ3) is 3.59. The molecule has 2 heterocycles. The van der Waals surface area contributed by atoms with Crippen molar-refractivity contribution in [1.29, 1.82) is 0 Å². The van der Waals surface area contributed by atoms with E-state index in [0.29, 0.717) is 12.1 Å². The lowest BCUT2D eigenvalue weighted by molar-refractivity contribution is -0.140.